The number of benzene rings is 2. The SMILES string of the molecule is CC(C)(C)OC(=O)Nc1cccc(CCc2cccc(N)c2)c1. The van der Waals surface area contributed by atoms with Crippen LogP contribution in [0.25, 0.3) is 0 Å². The Labute approximate surface area is 137 Å². The Morgan fingerprint density at radius 2 is 1.65 bits per heavy atom. The lowest BCUT2D eigenvalue weighted by molar-refractivity contribution is 0.0636. The van der Waals surface area contributed by atoms with Crippen LogP contribution in [0.2, 0.25) is 0 Å². The molecule has 2 aromatic carbocycles. The van der Waals surface area contributed by atoms with Crippen molar-refractivity contribution >= 4 is 17.5 Å². The molecule has 0 atom stereocenters. The monoisotopic (exact) mass is 312 g/mol. The molecule has 0 aliphatic rings. The second-order valence-corrected chi connectivity index (χ2v) is 6.57. The van der Waals surface area contributed by atoms with Crippen molar-refractivity contribution in [1.29, 1.82) is 0 Å². The van der Waals surface area contributed by atoms with E-state index < -0.39 is 11.7 Å². The van der Waals surface area contributed by atoms with E-state index in [2.05, 4.69) is 11.4 Å². The van der Waals surface area contributed by atoms with Crippen LogP contribution in [0.4, 0.5) is 16.2 Å². The Morgan fingerprint density at radius 3 is 2.26 bits per heavy atom. The van der Waals surface area contributed by atoms with Gasteiger partial charge in [0.15, 0.2) is 0 Å². The molecule has 0 radical (unpaired) electrons. The van der Waals surface area contributed by atoms with Crippen molar-refractivity contribution in [2.75, 3.05) is 11.1 Å². The van der Waals surface area contributed by atoms with Gasteiger partial charge in [-0.1, -0.05) is 24.3 Å². The van der Waals surface area contributed by atoms with Gasteiger partial charge in [-0.25, -0.2) is 4.79 Å². The van der Waals surface area contributed by atoms with Crippen LogP contribution in [-0.2, 0) is 17.6 Å². The highest BCUT2D eigenvalue weighted by Crippen LogP contribution is 2.16. The van der Waals surface area contributed by atoms with Gasteiger partial charge in [0.2, 0.25) is 0 Å². The van der Waals surface area contributed by atoms with Gasteiger partial charge in [-0.2, -0.15) is 0 Å². The smallest absolute Gasteiger partial charge is 0.412 e. The molecule has 4 nitrogen and oxygen atoms in total. The molecule has 122 valence electrons. The van der Waals surface area contributed by atoms with E-state index in [9.17, 15) is 4.79 Å². The summed E-state index contributed by atoms with van der Waals surface area (Å²) in [6, 6.07) is 15.7. The molecule has 2 rings (SSSR count). The van der Waals surface area contributed by atoms with E-state index in [1.165, 1.54) is 5.56 Å². The van der Waals surface area contributed by atoms with E-state index in [4.69, 9.17) is 10.5 Å². The highest BCUT2D eigenvalue weighted by molar-refractivity contribution is 5.84. The summed E-state index contributed by atoms with van der Waals surface area (Å²) in [6.07, 6.45) is 1.35. The van der Waals surface area contributed by atoms with Gasteiger partial charge in [-0.3, -0.25) is 5.32 Å². The minimum atomic E-state index is -0.505. The van der Waals surface area contributed by atoms with Crippen LogP contribution >= 0.6 is 0 Å². The van der Waals surface area contributed by atoms with Gasteiger partial charge < -0.3 is 10.5 Å². The third kappa shape index (κ3) is 6.02. The topological polar surface area (TPSA) is 64.3 Å². The largest absolute Gasteiger partial charge is 0.444 e. The maximum atomic E-state index is 11.8. The minimum Gasteiger partial charge on any atom is -0.444 e. The lowest BCUT2D eigenvalue weighted by Crippen LogP contribution is -2.27. The van der Waals surface area contributed by atoms with Crippen LogP contribution in [-0.4, -0.2) is 11.7 Å². The second-order valence-electron chi connectivity index (χ2n) is 6.57. The summed E-state index contributed by atoms with van der Waals surface area (Å²) >= 11 is 0. The number of nitrogens with two attached hydrogens (primary N) is 1. The summed E-state index contributed by atoms with van der Waals surface area (Å²) in [6.45, 7) is 5.53. The lowest BCUT2D eigenvalue weighted by Gasteiger charge is -2.19. The molecule has 23 heavy (non-hydrogen) atoms. The highest BCUT2D eigenvalue weighted by Gasteiger charge is 2.16. The van der Waals surface area contributed by atoms with Crippen molar-refractivity contribution in [3.05, 3.63) is 59.7 Å². The molecule has 0 aromatic heterocycles. The lowest BCUT2D eigenvalue weighted by atomic mass is 10.0. The van der Waals surface area contributed by atoms with Crippen molar-refractivity contribution < 1.29 is 9.53 Å². The molecule has 0 heterocycles. The number of amides is 1. The third-order valence-electron chi connectivity index (χ3n) is 3.23. The molecule has 2 aromatic rings. The van der Waals surface area contributed by atoms with Gasteiger partial charge in [0.25, 0.3) is 0 Å². The fourth-order valence-electron chi connectivity index (χ4n) is 2.26. The Hall–Kier alpha value is -2.49. The first-order valence-corrected chi connectivity index (χ1v) is 7.75. The zero-order valence-corrected chi connectivity index (χ0v) is 13.9. The van der Waals surface area contributed by atoms with E-state index in [1.807, 2.05) is 63.2 Å². The molecule has 0 saturated carbocycles. The molecule has 0 fully saturated rings. The fraction of sp³-hybridized carbons (Fsp3) is 0.316. The molecule has 0 spiro atoms. The minimum absolute atomic E-state index is 0.439. The molecule has 1 amide bonds. The fourth-order valence-corrected chi connectivity index (χ4v) is 2.26. The molecular formula is C19H24N2O2. The van der Waals surface area contributed by atoms with Crippen molar-refractivity contribution in [1.82, 2.24) is 0 Å². The number of anilines is 2. The summed E-state index contributed by atoms with van der Waals surface area (Å²) in [5, 5.41) is 2.76. The maximum absolute atomic E-state index is 11.8. The molecule has 0 bridgehead atoms. The molecule has 0 unspecified atom stereocenters. The number of nitrogens with one attached hydrogen (secondary N) is 1. The van der Waals surface area contributed by atoms with E-state index in [-0.39, 0.29) is 0 Å². The van der Waals surface area contributed by atoms with Gasteiger partial charge in [0.05, 0.1) is 0 Å². The third-order valence-corrected chi connectivity index (χ3v) is 3.23. The molecule has 0 saturated heterocycles. The zero-order chi connectivity index (χ0) is 16.9. The summed E-state index contributed by atoms with van der Waals surface area (Å²) in [5.41, 5.74) is 9.17. The van der Waals surface area contributed by atoms with Gasteiger partial charge >= 0.3 is 6.09 Å². The molecule has 3 N–H and O–H groups in total. The Bertz CT molecular complexity index is 675. The van der Waals surface area contributed by atoms with Crippen LogP contribution in [0.3, 0.4) is 0 Å². The van der Waals surface area contributed by atoms with Crippen LogP contribution in [0.1, 0.15) is 31.9 Å². The van der Waals surface area contributed by atoms with Crippen LogP contribution in [0.15, 0.2) is 48.5 Å². The van der Waals surface area contributed by atoms with Gasteiger partial charge in [0, 0.05) is 11.4 Å². The second kappa shape index (κ2) is 7.18. The number of ether oxygens (including phenoxy) is 1. The van der Waals surface area contributed by atoms with Crippen molar-refractivity contribution in [2.45, 2.75) is 39.2 Å². The predicted octanol–water partition coefficient (Wildman–Crippen LogP) is 4.40. The van der Waals surface area contributed by atoms with Gasteiger partial charge in [-0.05, 0) is 69.0 Å². The number of carbonyl (C=O) groups is 1. The number of aryl methyl sites for hydroxylation is 2. The van der Waals surface area contributed by atoms with Crippen LogP contribution in [0, 0.1) is 0 Å². The number of nitrogen functional groups attached to an aromatic ring is 1. The maximum Gasteiger partial charge on any atom is 0.412 e. The molecule has 0 aliphatic heterocycles. The van der Waals surface area contributed by atoms with Crippen molar-refractivity contribution in [3.63, 3.8) is 0 Å². The van der Waals surface area contributed by atoms with Crippen molar-refractivity contribution in [3.8, 4) is 0 Å². The number of rotatable bonds is 4. The Kier molecular flexibility index (Phi) is 5.27. The predicted molar refractivity (Wildman–Crippen MR) is 94.6 cm³/mol. The summed E-state index contributed by atoms with van der Waals surface area (Å²) < 4.78 is 5.26. The zero-order valence-electron chi connectivity index (χ0n) is 13.9. The summed E-state index contributed by atoms with van der Waals surface area (Å²) in [5.74, 6) is 0. The van der Waals surface area contributed by atoms with Gasteiger partial charge in [0.1, 0.15) is 5.60 Å². The molecule has 4 heteroatoms. The van der Waals surface area contributed by atoms with Gasteiger partial charge in [-0.15, -0.1) is 0 Å². The Morgan fingerprint density at radius 1 is 1.04 bits per heavy atom. The average Bonchev–Trinajstić information content (AvgIpc) is 2.43. The van der Waals surface area contributed by atoms with Crippen LogP contribution < -0.4 is 11.1 Å². The highest BCUT2D eigenvalue weighted by atomic mass is 16.6. The first-order chi connectivity index (χ1) is 10.8. The van der Waals surface area contributed by atoms with E-state index >= 15 is 0 Å². The van der Waals surface area contributed by atoms with E-state index in [1.54, 1.807) is 0 Å². The number of hydrogen-bond acceptors (Lipinski definition) is 3. The molecule has 0 aliphatic carbocycles. The first kappa shape index (κ1) is 16.9. The van der Waals surface area contributed by atoms with E-state index in [0.717, 1.165) is 29.8 Å². The number of carbonyl (C=O) groups excluding carboxylic acids is 1. The van der Waals surface area contributed by atoms with Crippen molar-refractivity contribution in [2.24, 2.45) is 0 Å². The summed E-state index contributed by atoms with van der Waals surface area (Å²) in [4.78, 5) is 11.8. The summed E-state index contributed by atoms with van der Waals surface area (Å²) in [7, 11) is 0. The average molecular weight is 312 g/mol. The first-order valence-electron chi connectivity index (χ1n) is 7.75. The van der Waals surface area contributed by atoms with Crippen LogP contribution in [0.5, 0.6) is 0 Å². The van der Waals surface area contributed by atoms with E-state index in [0.29, 0.717) is 0 Å². The normalized spacial score (nSPS) is 11.1. The Balaban J connectivity index is 1.95. The molecular weight excluding hydrogens is 288 g/mol. The number of hydrogen-bond donors (Lipinski definition) is 2. The quantitative estimate of drug-likeness (QED) is 0.822. The standard InChI is InChI=1S/C19H24N2O2/c1-19(2,3)23-18(22)21-17-9-5-7-15(13-17)11-10-14-6-4-8-16(20)12-14/h4-9,12-13H,10-11,20H2,1-3H3,(H,21,22).